The van der Waals surface area contributed by atoms with Gasteiger partial charge >= 0.3 is 5.97 Å². The second-order valence-electron chi connectivity index (χ2n) is 9.46. The molecule has 1 amide bonds. The summed E-state index contributed by atoms with van der Waals surface area (Å²) in [6.07, 6.45) is 3.27. The van der Waals surface area contributed by atoms with Crippen molar-refractivity contribution in [1.29, 1.82) is 0 Å². The molecule has 3 rings (SSSR count). The topological polar surface area (TPSA) is 134 Å². The highest BCUT2D eigenvalue weighted by Gasteiger charge is 2.42. The molecule has 0 fully saturated rings. The largest absolute Gasteiger partial charge is 0.496 e. The third-order valence-corrected chi connectivity index (χ3v) is 8.79. The van der Waals surface area contributed by atoms with Gasteiger partial charge in [-0.2, -0.15) is 0 Å². The number of hydrogen-bond donors (Lipinski definition) is 4. The lowest BCUT2D eigenvalue weighted by atomic mass is 9.88. The minimum absolute atomic E-state index is 0.0237. The van der Waals surface area contributed by atoms with E-state index in [0.29, 0.717) is 23.3 Å². The Morgan fingerprint density at radius 1 is 1.16 bits per heavy atom. The van der Waals surface area contributed by atoms with Crippen LogP contribution < -0.4 is 20.7 Å². The van der Waals surface area contributed by atoms with Gasteiger partial charge in [0.1, 0.15) is 5.75 Å². The van der Waals surface area contributed by atoms with Crippen molar-refractivity contribution in [2.75, 3.05) is 26.0 Å². The predicted molar refractivity (Wildman–Crippen MR) is 141 cm³/mol. The van der Waals surface area contributed by atoms with E-state index < -0.39 is 27.3 Å². The lowest BCUT2D eigenvalue weighted by Gasteiger charge is -2.36. The third kappa shape index (κ3) is 7.09. The van der Waals surface area contributed by atoms with E-state index in [2.05, 4.69) is 22.9 Å². The van der Waals surface area contributed by atoms with Gasteiger partial charge in [0.05, 0.1) is 36.9 Å². The first kappa shape index (κ1) is 28.6. The number of carbonyl (C=O) groups is 2. The highest BCUT2D eigenvalue weighted by atomic mass is 32.2. The van der Waals surface area contributed by atoms with Gasteiger partial charge in [-0.05, 0) is 36.1 Å². The van der Waals surface area contributed by atoms with Crippen molar-refractivity contribution < 1.29 is 27.9 Å². The van der Waals surface area contributed by atoms with Crippen LogP contribution in [0, 0.1) is 0 Å². The van der Waals surface area contributed by atoms with Crippen molar-refractivity contribution in [2.24, 2.45) is 0 Å². The van der Waals surface area contributed by atoms with Gasteiger partial charge in [0, 0.05) is 17.6 Å². The van der Waals surface area contributed by atoms with Gasteiger partial charge in [-0.25, -0.2) is 8.42 Å². The molecule has 0 saturated heterocycles. The normalized spacial score (nSPS) is 20.5. The van der Waals surface area contributed by atoms with E-state index in [9.17, 15) is 18.0 Å². The molecule has 9 nitrogen and oxygen atoms in total. The van der Waals surface area contributed by atoms with Crippen molar-refractivity contribution in [2.45, 2.75) is 62.6 Å². The van der Waals surface area contributed by atoms with E-state index in [1.165, 1.54) is 7.11 Å². The molecule has 0 aromatic heterocycles. The first-order valence-corrected chi connectivity index (χ1v) is 14.3. The van der Waals surface area contributed by atoms with Crippen LogP contribution in [0.2, 0.25) is 0 Å². The van der Waals surface area contributed by atoms with Crippen LogP contribution in [0.3, 0.4) is 0 Å². The van der Waals surface area contributed by atoms with E-state index >= 15 is 0 Å². The van der Waals surface area contributed by atoms with Crippen molar-refractivity contribution in [3.8, 4) is 5.75 Å². The quantitative estimate of drug-likeness (QED) is 0.329. The summed E-state index contributed by atoms with van der Waals surface area (Å²) in [6.45, 7) is 3.65. The average molecular weight is 532 g/mol. The zero-order valence-electron chi connectivity index (χ0n) is 21.7. The SMILES string of the molecule is CCCCC1(CC)CS(=O)(=O)c2cc(CNC(=O)CNCC(=O)O)c(OC)cc2C(c2ccccc2)N1. The molecule has 1 aliphatic heterocycles. The molecule has 202 valence electrons. The highest BCUT2D eigenvalue weighted by molar-refractivity contribution is 7.91. The summed E-state index contributed by atoms with van der Waals surface area (Å²) in [5.74, 6) is -1.03. The van der Waals surface area contributed by atoms with E-state index in [4.69, 9.17) is 9.84 Å². The van der Waals surface area contributed by atoms with E-state index in [1.807, 2.05) is 37.3 Å². The molecule has 1 aliphatic rings. The van der Waals surface area contributed by atoms with Crippen LogP contribution in [-0.2, 0) is 26.0 Å². The van der Waals surface area contributed by atoms with Crippen LogP contribution in [0.5, 0.6) is 5.75 Å². The summed E-state index contributed by atoms with van der Waals surface area (Å²) in [6, 6.07) is 12.8. The minimum Gasteiger partial charge on any atom is -0.496 e. The summed E-state index contributed by atoms with van der Waals surface area (Å²) in [4.78, 5) is 23.1. The fourth-order valence-electron chi connectivity index (χ4n) is 4.80. The molecular weight excluding hydrogens is 494 g/mol. The molecule has 0 radical (unpaired) electrons. The monoisotopic (exact) mass is 531 g/mol. The number of methoxy groups -OCH3 is 1. The Morgan fingerprint density at radius 3 is 2.51 bits per heavy atom. The first-order chi connectivity index (χ1) is 17.6. The number of amides is 1. The second kappa shape index (κ2) is 12.5. The summed E-state index contributed by atoms with van der Waals surface area (Å²) >= 11 is 0. The maximum atomic E-state index is 13.9. The number of hydrogen-bond acceptors (Lipinski definition) is 7. The molecule has 37 heavy (non-hydrogen) atoms. The number of sulfone groups is 1. The number of fused-ring (bicyclic) bond motifs is 1. The van der Waals surface area contributed by atoms with Gasteiger partial charge in [-0.1, -0.05) is 57.0 Å². The van der Waals surface area contributed by atoms with Crippen LogP contribution >= 0.6 is 0 Å². The van der Waals surface area contributed by atoms with Crippen molar-refractivity contribution >= 4 is 21.7 Å². The predicted octanol–water partition coefficient (Wildman–Crippen LogP) is 2.79. The Labute approximate surface area is 218 Å². The molecular formula is C27H37N3O6S. The van der Waals surface area contributed by atoms with Gasteiger partial charge in [0.15, 0.2) is 9.84 Å². The van der Waals surface area contributed by atoms with Crippen LogP contribution in [0.25, 0.3) is 0 Å². The number of carboxylic acids is 1. The van der Waals surface area contributed by atoms with Crippen LogP contribution in [0.15, 0.2) is 47.4 Å². The maximum Gasteiger partial charge on any atom is 0.317 e. The number of ether oxygens (including phenoxy) is 1. The van der Waals surface area contributed by atoms with Gasteiger partial charge < -0.3 is 15.2 Å². The van der Waals surface area contributed by atoms with Gasteiger partial charge in [-0.15, -0.1) is 0 Å². The summed E-state index contributed by atoms with van der Waals surface area (Å²) in [7, 11) is -2.18. The second-order valence-corrected chi connectivity index (χ2v) is 11.4. The molecule has 4 N–H and O–H groups in total. The summed E-state index contributed by atoms with van der Waals surface area (Å²) < 4.78 is 33.4. The molecule has 2 unspecified atom stereocenters. The molecule has 2 aromatic rings. The van der Waals surface area contributed by atoms with Crippen molar-refractivity contribution in [3.63, 3.8) is 0 Å². The van der Waals surface area contributed by atoms with Gasteiger partial charge in [-0.3, -0.25) is 20.2 Å². The molecule has 0 bridgehead atoms. The Bertz CT molecular complexity index is 1200. The molecule has 1 heterocycles. The maximum absolute atomic E-state index is 13.9. The van der Waals surface area contributed by atoms with Crippen LogP contribution in [-0.4, -0.2) is 56.9 Å². The summed E-state index contributed by atoms with van der Waals surface area (Å²) in [5, 5.41) is 17.7. The zero-order chi connectivity index (χ0) is 27.1. The number of carboxylic acid groups (broad SMARTS) is 1. The first-order valence-electron chi connectivity index (χ1n) is 12.6. The fourth-order valence-corrected chi connectivity index (χ4v) is 6.97. The van der Waals surface area contributed by atoms with E-state index in [0.717, 1.165) is 24.8 Å². The van der Waals surface area contributed by atoms with Crippen molar-refractivity contribution in [3.05, 3.63) is 59.2 Å². The Kier molecular flexibility index (Phi) is 9.69. The molecule has 0 aliphatic carbocycles. The Hall–Kier alpha value is -2.95. The lowest BCUT2D eigenvalue weighted by Crippen LogP contribution is -2.50. The molecule has 2 aromatic carbocycles. The average Bonchev–Trinajstić information content (AvgIpc) is 2.98. The number of unbranched alkanes of at least 4 members (excludes halogenated alkanes) is 1. The molecule has 0 spiro atoms. The summed E-state index contributed by atoms with van der Waals surface area (Å²) in [5.41, 5.74) is 1.52. The van der Waals surface area contributed by atoms with Crippen LogP contribution in [0.4, 0.5) is 0 Å². The standard InChI is InChI=1S/C27H37N3O6S/c1-4-6-12-27(5-2)18-37(34,35)23-13-20(15-29-24(31)16-28-17-25(32)33)22(36-3)14-21(23)26(30-27)19-10-8-7-9-11-19/h7-11,13-14,26,28,30H,4-6,12,15-18H2,1-3H3,(H,29,31)(H,32,33). The zero-order valence-corrected chi connectivity index (χ0v) is 22.5. The lowest BCUT2D eigenvalue weighted by molar-refractivity contribution is -0.136. The number of carbonyl (C=O) groups excluding carboxylic acids is 1. The minimum atomic E-state index is -3.69. The molecule has 10 heteroatoms. The molecule has 0 saturated carbocycles. The third-order valence-electron chi connectivity index (χ3n) is 6.83. The number of benzene rings is 2. The Morgan fingerprint density at radius 2 is 1.89 bits per heavy atom. The number of aliphatic carboxylic acids is 1. The van der Waals surface area contributed by atoms with Gasteiger partial charge in [0.2, 0.25) is 5.91 Å². The number of rotatable bonds is 12. The highest BCUT2D eigenvalue weighted by Crippen LogP contribution is 2.40. The van der Waals surface area contributed by atoms with Gasteiger partial charge in [0.25, 0.3) is 0 Å². The smallest absolute Gasteiger partial charge is 0.317 e. The number of nitrogens with one attached hydrogen (secondary N) is 3. The van der Waals surface area contributed by atoms with Crippen molar-refractivity contribution in [1.82, 2.24) is 16.0 Å². The fraction of sp³-hybridized carbons (Fsp3) is 0.481. The Balaban J connectivity index is 2.04. The van der Waals surface area contributed by atoms with Crippen LogP contribution in [0.1, 0.15) is 62.3 Å². The van der Waals surface area contributed by atoms with E-state index in [-0.39, 0.29) is 36.3 Å². The van der Waals surface area contributed by atoms with E-state index in [1.54, 1.807) is 12.1 Å². The molecule has 2 atom stereocenters.